The molecule has 454 valence electrons. The van der Waals surface area contributed by atoms with Gasteiger partial charge in [-0.05, 0) is 159 Å². The molecule has 2 heterocycles. The number of rotatable bonds is 33. The summed E-state index contributed by atoms with van der Waals surface area (Å²) >= 11 is 13.2. The molecule has 4 saturated carbocycles. The van der Waals surface area contributed by atoms with Crippen molar-refractivity contribution in [3.63, 3.8) is 0 Å². The van der Waals surface area contributed by atoms with Crippen LogP contribution in [0.1, 0.15) is 168 Å². The monoisotopic (exact) mass is 1200 g/mol. The largest absolute Gasteiger partial charge is 0.490 e. The third kappa shape index (κ3) is 17.3. The van der Waals surface area contributed by atoms with Gasteiger partial charge in [-0.25, -0.2) is 0 Å². The van der Waals surface area contributed by atoms with E-state index in [1.54, 1.807) is 0 Å². The minimum Gasteiger partial charge on any atom is -0.490 e. The first-order valence-corrected chi connectivity index (χ1v) is 31.2. The Bertz CT molecular complexity index is 3180. The van der Waals surface area contributed by atoms with Gasteiger partial charge >= 0.3 is 0 Å². The number of halogens is 2. The standard InChI is InChI=1S/C39H50ClNO8.C30H33ClN2O3/c1-25(7-3-2-4-8-29(44)20-27(22-42)37(46)38(47)35(45)23-43)26-11-14-34(40)28(19-26)24-48-39(16-17-39)33-21-41-18-15-31(33)32-9-5-6-10-36(32)49-30-12-13-30;1-20(5-4-8-29(32)34)21-9-12-27(31)22(17-21)19-35-30(14-15-30)26-18-33-16-13-24(26)25-6-2-3-7-28(25)36-23-10-11-23/h5-6,9-11,14-15,18-19,21,25,27,30,35,37-38,42-43,45-47H,2-4,7-8,12-13,16-17,20,22-24H2,1H3;2-3,6-7,9,12-13,16-18,20,23H,4-5,8,10-11,14-15,19H2,1H3,(H2,32,34)/t25-,27-,35+,37+,38+;20-/m00/s1. The summed E-state index contributed by atoms with van der Waals surface area (Å²) in [6.07, 6.45) is 17.3. The number of ether oxygens (including phenoxy) is 4. The number of carbonyl (C=O) groups is 2. The van der Waals surface area contributed by atoms with Crippen molar-refractivity contribution < 1.29 is 54.1 Å². The van der Waals surface area contributed by atoms with Gasteiger partial charge in [0.15, 0.2) is 0 Å². The maximum absolute atomic E-state index is 12.5. The Morgan fingerprint density at radius 1 is 0.600 bits per heavy atom. The summed E-state index contributed by atoms with van der Waals surface area (Å²) in [5.74, 6) is 1.12. The van der Waals surface area contributed by atoms with E-state index in [1.165, 1.54) is 11.1 Å². The number of unbranched alkanes of at least 4 members (excludes halogenated alkanes) is 2. The fourth-order valence-electron chi connectivity index (χ4n) is 11.1. The topological polar surface area (TPSA) is 224 Å². The molecule has 16 heteroatoms. The zero-order valence-electron chi connectivity index (χ0n) is 48.9. The van der Waals surface area contributed by atoms with Gasteiger partial charge < -0.3 is 50.2 Å². The van der Waals surface area contributed by atoms with E-state index in [-0.39, 0.29) is 29.6 Å². The zero-order chi connectivity index (χ0) is 60.1. The number of para-hydroxylation sites is 2. The number of hydrogen-bond donors (Lipinski definition) is 6. The molecule has 6 aromatic rings. The number of nitrogens with zero attached hydrogens (tertiary/aromatic N) is 2. The second-order valence-electron chi connectivity index (χ2n) is 23.9. The summed E-state index contributed by atoms with van der Waals surface area (Å²) in [5.41, 5.74) is 15.3. The number of hydrogen-bond acceptors (Lipinski definition) is 13. The summed E-state index contributed by atoms with van der Waals surface area (Å²) in [5, 5.41) is 49.6. The van der Waals surface area contributed by atoms with Crippen molar-refractivity contribution in [3.8, 4) is 33.8 Å². The van der Waals surface area contributed by atoms with E-state index in [0.717, 1.165) is 139 Å². The smallest absolute Gasteiger partial charge is 0.217 e. The predicted molar refractivity (Wildman–Crippen MR) is 329 cm³/mol. The van der Waals surface area contributed by atoms with Crippen LogP contribution in [0.4, 0.5) is 0 Å². The zero-order valence-corrected chi connectivity index (χ0v) is 50.4. The number of primary amides is 1. The third-order valence-corrected chi connectivity index (χ3v) is 17.8. The molecule has 1 amide bonds. The van der Waals surface area contributed by atoms with E-state index in [0.29, 0.717) is 60.6 Å². The second kappa shape index (κ2) is 29.7. The lowest BCUT2D eigenvalue weighted by Gasteiger charge is -2.27. The Labute approximate surface area is 510 Å². The normalized spacial score (nSPS) is 17.8. The average molecular weight is 1200 g/mol. The number of aromatic nitrogens is 2. The molecule has 14 nitrogen and oxygen atoms in total. The maximum Gasteiger partial charge on any atom is 0.217 e. The fraction of sp³-hybridized carbons (Fsp3) is 0.478. The van der Waals surface area contributed by atoms with Crippen molar-refractivity contribution in [3.05, 3.63) is 165 Å². The molecule has 4 aromatic carbocycles. The molecule has 4 fully saturated rings. The van der Waals surface area contributed by atoms with Gasteiger partial charge in [0.25, 0.3) is 0 Å². The maximum atomic E-state index is 12.5. The number of aliphatic hydroxyl groups excluding tert-OH is 5. The van der Waals surface area contributed by atoms with Crippen molar-refractivity contribution >= 4 is 34.9 Å². The van der Waals surface area contributed by atoms with Crippen LogP contribution in [0, 0.1) is 5.92 Å². The molecule has 0 radical (unpaired) electrons. The average Bonchev–Trinajstić information content (AvgIpc) is 1.97. The molecule has 0 spiro atoms. The van der Waals surface area contributed by atoms with Gasteiger partial charge in [0.2, 0.25) is 5.91 Å². The van der Waals surface area contributed by atoms with Gasteiger partial charge in [-0.3, -0.25) is 19.6 Å². The Hall–Kier alpha value is -5.78. The molecular weight excluding hydrogens is 1120 g/mol. The van der Waals surface area contributed by atoms with Gasteiger partial charge in [0, 0.05) is 88.9 Å². The van der Waals surface area contributed by atoms with Gasteiger partial charge in [-0.2, -0.15) is 0 Å². The molecular formula is C69H83Cl2N3O11. The lowest BCUT2D eigenvalue weighted by molar-refractivity contribution is -0.127. The van der Waals surface area contributed by atoms with E-state index in [9.17, 15) is 30.0 Å². The minimum absolute atomic E-state index is 0.107. The number of aliphatic hydroxyl groups is 5. The summed E-state index contributed by atoms with van der Waals surface area (Å²) in [6.45, 7) is 3.92. The Kier molecular flexibility index (Phi) is 22.3. The van der Waals surface area contributed by atoms with E-state index in [2.05, 4.69) is 72.3 Å². The van der Waals surface area contributed by atoms with E-state index < -0.39 is 43.0 Å². The minimum atomic E-state index is -1.64. The summed E-state index contributed by atoms with van der Waals surface area (Å²) < 4.78 is 25.7. The highest BCUT2D eigenvalue weighted by Crippen LogP contribution is 2.55. The molecule has 10 rings (SSSR count). The summed E-state index contributed by atoms with van der Waals surface area (Å²) in [7, 11) is 0. The Morgan fingerprint density at radius 2 is 1.08 bits per heavy atom. The first-order valence-electron chi connectivity index (χ1n) is 30.4. The molecule has 0 saturated heterocycles. The van der Waals surface area contributed by atoms with Crippen molar-refractivity contribution in [1.82, 2.24) is 9.97 Å². The quantitative estimate of drug-likeness (QED) is 0.0211. The van der Waals surface area contributed by atoms with Crippen LogP contribution in [-0.4, -0.2) is 90.9 Å². The number of benzene rings is 4. The Morgan fingerprint density at radius 3 is 1.53 bits per heavy atom. The third-order valence-electron chi connectivity index (χ3n) is 17.1. The van der Waals surface area contributed by atoms with E-state index in [4.69, 9.17) is 53.0 Å². The first-order chi connectivity index (χ1) is 41.1. The van der Waals surface area contributed by atoms with Crippen molar-refractivity contribution in [1.29, 1.82) is 0 Å². The number of pyridine rings is 2. The predicted octanol–water partition coefficient (Wildman–Crippen LogP) is 12.8. The highest BCUT2D eigenvalue weighted by Gasteiger charge is 2.49. The van der Waals surface area contributed by atoms with Gasteiger partial charge in [-0.15, -0.1) is 0 Å². The molecule has 0 aliphatic heterocycles. The highest BCUT2D eigenvalue weighted by molar-refractivity contribution is 6.31. The van der Waals surface area contributed by atoms with Crippen molar-refractivity contribution in [2.24, 2.45) is 11.7 Å². The molecule has 4 aliphatic carbocycles. The van der Waals surface area contributed by atoms with Crippen LogP contribution in [0.15, 0.2) is 122 Å². The van der Waals surface area contributed by atoms with Crippen LogP contribution in [0.3, 0.4) is 0 Å². The molecule has 0 bridgehead atoms. The Balaban J connectivity index is 0.000000213. The van der Waals surface area contributed by atoms with E-state index >= 15 is 0 Å². The first kappa shape index (κ1) is 63.7. The number of nitrogens with two attached hydrogens (primary N) is 1. The van der Waals surface area contributed by atoms with Crippen molar-refractivity contribution in [2.75, 3.05) is 13.2 Å². The molecule has 2 aromatic heterocycles. The lowest BCUT2D eigenvalue weighted by atomic mass is 9.89. The van der Waals surface area contributed by atoms with Crippen LogP contribution in [0.25, 0.3) is 22.3 Å². The fourth-order valence-corrected chi connectivity index (χ4v) is 11.5. The number of Topliss-reactive ketones (excluding diaryl/α,β-unsaturated/α-hetero) is 1. The van der Waals surface area contributed by atoms with Crippen LogP contribution in [0.5, 0.6) is 11.5 Å². The van der Waals surface area contributed by atoms with Crippen molar-refractivity contribution in [2.45, 2.75) is 190 Å². The number of carbonyl (C=O) groups excluding carboxylic acids is 2. The summed E-state index contributed by atoms with van der Waals surface area (Å²) in [4.78, 5) is 32.5. The number of ketones is 1. The van der Waals surface area contributed by atoms with Crippen LogP contribution >= 0.6 is 23.2 Å². The second-order valence-corrected chi connectivity index (χ2v) is 24.7. The SMILES string of the molecule is C[C@@H](CCCC(N)=O)c1ccc(Cl)c(COC2(c3cnccc3-c3ccccc3OC3CC3)CC2)c1.C[C@@H](CCCCCC(=O)C[C@@H](CO)[C@@H](O)[C@H](O)[C@H](O)CO)c1ccc(Cl)c(COC2(c3cnccc3-c3ccccc3OC3CC3)CC2)c1. The number of amides is 1. The van der Waals surface area contributed by atoms with Gasteiger partial charge in [-0.1, -0.05) is 111 Å². The van der Waals surface area contributed by atoms with Gasteiger partial charge in [0.1, 0.15) is 29.5 Å². The molecule has 7 N–H and O–H groups in total. The molecule has 85 heavy (non-hydrogen) atoms. The van der Waals surface area contributed by atoms with Crippen LogP contribution < -0.4 is 15.2 Å². The van der Waals surface area contributed by atoms with Gasteiger partial charge in [0.05, 0.1) is 49.3 Å². The van der Waals surface area contributed by atoms with Crippen LogP contribution in [0.2, 0.25) is 10.0 Å². The molecule has 4 aliphatic rings. The lowest BCUT2D eigenvalue weighted by Crippen LogP contribution is -2.45. The van der Waals surface area contributed by atoms with Crippen LogP contribution in [-0.2, 0) is 43.5 Å². The summed E-state index contributed by atoms with van der Waals surface area (Å²) in [6, 6.07) is 32.8. The van der Waals surface area contributed by atoms with E-state index in [1.807, 2.05) is 73.3 Å². The molecule has 6 atom stereocenters. The molecule has 0 unspecified atom stereocenters. The highest BCUT2D eigenvalue weighted by atomic mass is 35.5.